The summed E-state index contributed by atoms with van der Waals surface area (Å²) in [5.74, 6) is 0.108. The first-order valence-corrected chi connectivity index (χ1v) is 6.67. The second kappa shape index (κ2) is 6.57. The summed E-state index contributed by atoms with van der Waals surface area (Å²) in [5, 5.41) is 0. The van der Waals surface area contributed by atoms with Crippen LogP contribution in [0.2, 0.25) is 0 Å². The van der Waals surface area contributed by atoms with Gasteiger partial charge in [-0.25, -0.2) is 0 Å². The van der Waals surface area contributed by atoms with Crippen LogP contribution < -0.4 is 10.6 Å². The lowest BCUT2D eigenvalue weighted by Gasteiger charge is -2.35. The van der Waals surface area contributed by atoms with Crippen LogP contribution in [-0.2, 0) is 11.3 Å². The number of likely N-dealkylation sites (N-methyl/N-ethyl adjacent to an activating group) is 1. The maximum Gasteiger partial charge on any atom is 0.244 e. The monoisotopic (exact) mass is 263 g/mol. The van der Waals surface area contributed by atoms with Crippen LogP contribution in [0.25, 0.3) is 0 Å². The standard InChI is InChI=1S/C15H25N3O/c1-11(2)18(12(3)15(19)17(4)5)14-8-6-13(10-16)7-9-14/h6-9,11-12H,10,16H2,1-5H3. The fourth-order valence-electron chi connectivity index (χ4n) is 2.27. The van der Waals surface area contributed by atoms with Gasteiger partial charge in [0.1, 0.15) is 6.04 Å². The van der Waals surface area contributed by atoms with Crippen LogP contribution >= 0.6 is 0 Å². The number of amides is 1. The van der Waals surface area contributed by atoms with Gasteiger partial charge in [-0.2, -0.15) is 0 Å². The van der Waals surface area contributed by atoms with E-state index in [1.807, 2.05) is 31.2 Å². The van der Waals surface area contributed by atoms with E-state index >= 15 is 0 Å². The van der Waals surface area contributed by atoms with Crippen molar-refractivity contribution >= 4 is 11.6 Å². The van der Waals surface area contributed by atoms with Crippen molar-refractivity contribution in [3.05, 3.63) is 29.8 Å². The molecule has 4 heteroatoms. The molecule has 0 aromatic heterocycles. The molecular formula is C15H25N3O. The van der Waals surface area contributed by atoms with Crippen molar-refractivity contribution in [2.24, 2.45) is 5.73 Å². The highest BCUT2D eigenvalue weighted by Gasteiger charge is 2.25. The van der Waals surface area contributed by atoms with Gasteiger partial charge in [0.15, 0.2) is 0 Å². The lowest BCUT2D eigenvalue weighted by Crippen LogP contribution is -2.48. The molecule has 19 heavy (non-hydrogen) atoms. The maximum atomic E-state index is 12.1. The van der Waals surface area contributed by atoms with Crippen LogP contribution in [-0.4, -0.2) is 37.0 Å². The molecule has 0 aliphatic rings. The summed E-state index contributed by atoms with van der Waals surface area (Å²) in [6.07, 6.45) is 0. The fraction of sp³-hybridized carbons (Fsp3) is 0.533. The zero-order valence-corrected chi connectivity index (χ0v) is 12.6. The molecule has 0 bridgehead atoms. The average Bonchev–Trinajstić information content (AvgIpc) is 2.38. The number of nitrogens with two attached hydrogens (primary N) is 1. The van der Waals surface area contributed by atoms with E-state index in [1.54, 1.807) is 19.0 Å². The number of carbonyl (C=O) groups is 1. The molecule has 0 aliphatic heterocycles. The summed E-state index contributed by atoms with van der Waals surface area (Å²) < 4.78 is 0. The summed E-state index contributed by atoms with van der Waals surface area (Å²) in [7, 11) is 3.57. The average molecular weight is 263 g/mol. The zero-order valence-electron chi connectivity index (χ0n) is 12.6. The van der Waals surface area contributed by atoms with Gasteiger partial charge in [0.2, 0.25) is 5.91 Å². The maximum absolute atomic E-state index is 12.1. The molecule has 2 N–H and O–H groups in total. The molecule has 1 unspecified atom stereocenters. The Morgan fingerprint density at radius 2 is 1.68 bits per heavy atom. The van der Waals surface area contributed by atoms with Crippen molar-refractivity contribution in [2.45, 2.75) is 39.4 Å². The topological polar surface area (TPSA) is 49.6 Å². The Morgan fingerprint density at radius 3 is 2.05 bits per heavy atom. The number of carbonyl (C=O) groups excluding carboxylic acids is 1. The van der Waals surface area contributed by atoms with Crippen molar-refractivity contribution in [1.29, 1.82) is 0 Å². The Morgan fingerprint density at radius 1 is 1.16 bits per heavy atom. The summed E-state index contributed by atoms with van der Waals surface area (Å²) in [6.45, 7) is 6.67. The van der Waals surface area contributed by atoms with E-state index in [0.717, 1.165) is 11.3 Å². The second-order valence-corrected chi connectivity index (χ2v) is 5.28. The molecular weight excluding hydrogens is 238 g/mol. The number of nitrogens with zero attached hydrogens (tertiary/aromatic N) is 2. The quantitative estimate of drug-likeness (QED) is 0.882. The predicted octanol–water partition coefficient (Wildman–Crippen LogP) is 1.84. The molecule has 1 rings (SSSR count). The smallest absolute Gasteiger partial charge is 0.244 e. The number of rotatable bonds is 5. The minimum absolute atomic E-state index is 0.108. The third-order valence-corrected chi connectivity index (χ3v) is 3.24. The van der Waals surface area contributed by atoms with Crippen LogP contribution in [0, 0.1) is 0 Å². The number of anilines is 1. The van der Waals surface area contributed by atoms with Gasteiger partial charge in [-0.1, -0.05) is 12.1 Å². The van der Waals surface area contributed by atoms with Crippen LogP contribution in [0.1, 0.15) is 26.3 Å². The highest BCUT2D eigenvalue weighted by atomic mass is 16.2. The third-order valence-electron chi connectivity index (χ3n) is 3.24. The van der Waals surface area contributed by atoms with Crippen molar-refractivity contribution in [2.75, 3.05) is 19.0 Å². The largest absolute Gasteiger partial charge is 0.357 e. The Balaban J connectivity index is 3.02. The molecule has 0 heterocycles. The minimum Gasteiger partial charge on any atom is -0.357 e. The molecule has 0 saturated carbocycles. The summed E-state index contributed by atoms with van der Waals surface area (Å²) in [5.41, 5.74) is 7.76. The number of benzene rings is 1. The Kier molecular flexibility index (Phi) is 5.36. The summed E-state index contributed by atoms with van der Waals surface area (Å²) >= 11 is 0. The van der Waals surface area contributed by atoms with Crippen molar-refractivity contribution in [3.8, 4) is 0 Å². The van der Waals surface area contributed by atoms with E-state index < -0.39 is 0 Å². The van der Waals surface area contributed by atoms with E-state index in [4.69, 9.17) is 5.73 Å². The molecule has 0 spiro atoms. The molecule has 1 atom stereocenters. The molecule has 0 radical (unpaired) electrons. The van der Waals surface area contributed by atoms with Gasteiger partial charge in [-0.15, -0.1) is 0 Å². The zero-order chi connectivity index (χ0) is 14.6. The molecule has 1 amide bonds. The van der Waals surface area contributed by atoms with Crippen molar-refractivity contribution in [1.82, 2.24) is 4.90 Å². The van der Waals surface area contributed by atoms with E-state index in [9.17, 15) is 4.79 Å². The van der Waals surface area contributed by atoms with Crippen LogP contribution in [0.5, 0.6) is 0 Å². The van der Waals surface area contributed by atoms with Crippen molar-refractivity contribution < 1.29 is 4.79 Å². The first-order valence-electron chi connectivity index (χ1n) is 6.67. The Bertz CT molecular complexity index is 412. The fourth-order valence-corrected chi connectivity index (χ4v) is 2.27. The van der Waals surface area contributed by atoms with E-state index in [1.165, 1.54) is 0 Å². The number of hydrogen-bond acceptors (Lipinski definition) is 3. The van der Waals surface area contributed by atoms with Gasteiger partial charge in [-0.05, 0) is 38.5 Å². The first kappa shape index (κ1) is 15.5. The van der Waals surface area contributed by atoms with E-state index in [0.29, 0.717) is 6.54 Å². The molecule has 1 aromatic carbocycles. The van der Waals surface area contributed by atoms with Crippen LogP contribution in [0.15, 0.2) is 24.3 Å². The lowest BCUT2D eigenvalue weighted by atomic mass is 10.1. The molecule has 4 nitrogen and oxygen atoms in total. The second-order valence-electron chi connectivity index (χ2n) is 5.28. The molecule has 1 aromatic rings. The highest BCUT2D eigenvalue weighted by molar-refractivity contribution is 5.84. The van der Waals surface area contributed by atoms with Crippen LogP contribution in [0.4, 0.5) is 5.69 Å². The molecule has 0 fully saturated rings. The predicted molar refractivity (Wildman–Crippen MR) is 80.1 cm³/mol. The van der Waals surface area contributed by atoms with Gasteiger partial charge in [0, 0.05) is 32.4 Å². The van der Waals surface area contributed by atoms with Gasteiger partial charge in [-0.3, -0.25) is 4.79 Å². The third kappa shape index (κ3) is 3.70. The SMILES string of the molecule is CC(C)N(c1ccc(CN)cc1)C(C)C(=O)N(C)C. The van der Waals surface area contributed by atoms with Crippen LogP contribution in [0.3, 0.4) is 0 Å². The van der Waals surface area contributed by atoms with Gasteiger partial charge >= 0.3 is 0 Å². The van der Waals surface area contributed by atoms with Gasteiger partial charge in [0.25, 0.3) is 0 Å². The first-order chi connectivity index (χ1) is 8.88. The molecule has 0 saturated heterocycles. The van der Waals surface area contributed by atoms with E-state index in [-0.39, 0.29) is 18.0 Å². The Labute approximate surface area is 116 Å². The summed E-state index contributed by atoms with van der Waals surface area (Å²) in [4.78, 5) is 15.9. The van der Waals surface area contributed by atoms with Gasteiger partial charge in [0.05, 0.1) is 0 Å². The van der Waals surface area contributed by atoms with Crippen molar-refractivity contribution in [3.63, 3.8) is 0 Å². The molecule has 106 valence electrons. The number of hydrogen-bond donors (Lipinski definition) is 1. The lowest BCUT2D eigenvalue weighted by molar-refractivity contribution is -0.129. The minimum atomic E-state index is -0.182. The summed E-state index contributed by atoms with van der Waals surface area (Å²) in [6, 6.07) is 8.15. The molecule has 0 aliphatic carbocycles. The van der Waals surface area contributed by atoms with Gasteiger partial charge < -0.3 is 15.5 Å². The van der Waals surface area contributed by atoms with E-state index in [2.05, 4.69) is 18.7 Å². The normalized spacial score (nSPS) is 12.4. The highest BCUT2D eigenvalue weighted by Crippen LogP contribution is 2.21. The Hall–Kier alpha value is -1.55.